The second-order valence-corrected chi connectivity index (χ2v) is 8.46. The number of nitrogens with one attached hydrogen (secondary N) is 2. The summed E-state index contributed by atoms with van der Waals surface area (Å²) in [6.45, 7) is 2.75. The van der Waals surface area contributed by atoms with Crippen molar-refractivity contribution in [3.63, 3.8) is 0 Å². The van der Waals surface area contributed by atoms with Gasteiger partial charge in [-0.05, 0) is 65.9 Å². The number of amides is 1. The summed E-state index contributed by atoms with van der Waals surface area (Å²) in [4.78, 5) is 23.8. The number of para-hydroxylation sites is 1. The molecule has 1 unspecified atom stereocenters. The van der Waals surface area contributed by atoms with Crippen LogP contribution in [0.15, 0.2) is 66.7 Å². The summed E-state index contributed by atoms with van der Waals surface area (Å²) >= 11 is 0. The van der Waals surface area contributed by atoms with E-state index >= 15 is 0 Å². The molecule has 4 rings (SSSR count). The summed E-state index contributed by atoms with van der Waals surface area (Å²) in [5, 5.41) is 15.4. The Labute approximate surface area is 198 Å². The molecule has 0 spiro atoms. The summed E-state index contributed by atoms with van der Waals surface area (Å²) in [5.74, 6) is 0.337. The van der Waals surface area contributed by atoms with Crippen molar-refractivity contribution in [1.82, 2.24) is 0 Å². The van der Waals surface area contributed by atoms with E-state index < -0.39 is 5.97 Å². The van der Waals surface area contributed by atoms with Crippen LogP contribution in [-0.4, -0.2) is 36.7 Å². The van der Waals surface area contributed by atoms with Gasteiger partial charge in [-0.25, -0.2) is 0 Å². The minimum absolute atomic E-state index is 0.140. The molecular weight excluding hydrogens is 432 g/mol. The zero-order valence-electron chi connectivity index (χ0n) is 19.2. The number of methoxy groups -OCH3 is 1. The van der Waals surface area contributed by atoms with Crippen molar-refractivity contribution < 1.29 is 24.2 Å². The van der Waals surface area contributed by atoms with Crippen molar-refractivity contribution in [3.05, 3.63) is 83.4 Å². The van der Waals surface area contributed by atoms with E-state index in [9.17, 15) is 9.59 Å². The number of hydrogen-bond donors (Lipinski definition) is 3. The molecule has 7 nitrogen and oxygen atoms in total. The van der Waals surface area contributed by atoms with Gasteiger partial charge in [0.05, 0.1) is 25.3 Å². The minimum atomic E-state index is -0.944. The van der Waals surface area contributed by atoms with Crippen molar-refractivity contribution in [2.75, 3.05) is 24.4 Å². The third-order valence-corrected chi connectivity index (χ3v) is 5.92. The third kappa shape index (κ3) is 5.49. The lowest BCUT2D eigenvalue weighted by atomic mass is 9.89. The zero-order valence-corrected chi connectivity index (χ0v) is 19.2. The summed E-state index contributed by atoms with van der Waals surface area (Å²) in [7, 11) is 1.49. The highest BCUT2D eigenvalue weighted by Crippen LogP contribution is 2.33. The lowest BCUT2D eigenvalue weighted by Crippen LogP contribution is -2.32. The van der Waals surface area contributed by atoms with Crippen LogP contribution in [0.25, 0.3) is 0 Å². The van der Waals surface area contributed by atoms with E-state index in [1.54, 1.807) is 42.5 Å². The Morgan fingerprint density at radius 3 is 2.59 bits per heavy atom. The van der Waals surface area contributed by atoms with E-state index in [1.165, 1.54) is 12.7 Å². The van der Waals surface area contributed by atoms with Crippen molar-refractivity contribution >= 4 is 23.3 Å². The summed E-state index contributed by atoms with van der Waals surface area (Å²) < 4.78 is 11.3. The van der Waals surface area contributed by atoms with Crippen LogP contribution in [0.5, 0.6) is 11.5 Å². The van der Waals surface area contributed by atoms with Gasteiger partial charge in [0, 0.05) is 11.3 Å². The second-order valence-electron chi connectivity index (χ2n) is 8.46. The molecule has 1 heterocycles. The van der Waals surface area contributed by atoms with E-state index in [-0.39, 0.29) is 18.4 Å². The fraction of sp³-hybridized carbons (Fsp3) is 0.259. The molecule has 0 aromatic heterocycles. The molecule has 1 amide bonds. The van der Waals surface area contributed by atoms with Gasteiger partial charge in [-0.1, -0.05) is 31.2 Å². The Morgan fingerprint density at radius 2 is 1.85 bits per heavy atom. The van der Waals surface area contributed by atoms with Gasteiger partial charge in [0.2, 0.25) is 0 Å². The lowest BCUT2D eigenvalue weighted by molar-refractivity contribution is -0.136. The van der Waals surface area contributed by atoms with Gasteiger partial charge in [-0.2, -0.15) is 0 Å². The number of ether oxygens (including phenoxy) is 2. The first-order chi connectivity index (χ1) is 16.4. The molecule has 0 saturated carbocycles. The monoisotopic (exact) mass is 460 g/mol. The molecule has 0 saturated heterocycles. The molecule has 2 atom stereocenters. The molecule has 0 aliphatic carbocycles. The maximum Gasteiger partial charge on any atom is 0.307 e. The topological polar surface area (TPSA) is 96.9 Å². The van der Waals surface area contributed by atoms with Gasteiger partial charge in [0.15, 0.2) is 0 Å². The number of aliphatic carboxylic acids is 1. The van der Waals surface area contributed by atoms with Crippen LogP contribution in [0.1, 0.15) is 40.7 Å². The summed E-state index contributed by atoms with van der Waals surface area (Å²) in [6, 6.07) is 20.4. The molecule has 1 aliphatic rings. The fourth-order valence-electron chi connectivity index (χ4n) is 4.23. The van der Waals surface area contributed by atoms with Gasteiger partial charge in [-0.15, -0.1) is 0 Å². The predicted octanol–water partition coefficient (Wildman–Crippen LogP) is 4.94. The largest absolute Gasteiger partial charge is 0.495 e. The van der Waals surface area contributed by atoms with E-state index in [1.807, 2.05) is 6.07 Å². The average Bonchev–Trinajstić information content (AvgIpc) is 2.83. The molecule has 0 radical (unpaired) electrons. The van der Waals surface area contributed by atoms with Crippen molar-refractivity contribution in [2.24, 2.45) is 0 Å². The normalized spacial score (nSPS) is 16.6. The van der Waals surface area contributed by atoms with Crippen molar-refractivity contribution in [3.8, 4) is 11.5 Å². The number of carboxylic acid groups (broad SMARTS) is 1. The highest BCUT2D eigenvalue weighted by atomic mass is 16.5. The lowest BCUT2D eigenvalue weighted by Gasteiger charge is -2.31. The van der Waals surface area contributed by atoms with Crippen LogP contribution < -0.4 is 20.1 Å². The summed E-state index contributed by atoms with van der Waals surface area (Å²) in [5.41, 5.74) is 3.94. The number of benzene rings is 3. The number of carbonyl (C=O) groups is 2. The van der Waals surface area contributed by atoms with Crippen LogP contribution in [0, 0.1) is 0 Å². The highest BCUT2D eigenvalue weighted by molar-refractivity contribution is 6.05. The molecule has 0 fully saturated rings. The van der Waals surface area contributed by atoms with Crippen LogP contribution in [0.4, 0.5) is 11.4 Å². The second kappa shape index (κ2) is 10.3. The molecule has 1 aliphatic heterocycles. The fourth-order valence-corrected chi connectivity index (χ4v) is 4.23. The van der Waals surface area contributed by atoms with Gasteiger partial charge in [0.1, 0.15) is 18.1 Å². The maximum absolute atomic E-state index is 12.8. The average molecular weight is 461 g/mol. The molecule has 176 valence electrons. The highest BCUT2D eigenvalue weighted by Gasteiger charge is 2.23. The molecule has 3 aromatic rings. The quantitative estimate of drug-likeness (QED) is 0.441. The minimum Gasteiger partial charge on any atom is -0.495 e. The Kier molecular flexibility index (Phi) is 7.01. The standard InChI is InChI=1S/C27H28N2O5/c1-17-13-20(28-23-6-4-3-5-22(17)23)16-34-21-10-8-19(9-11-21)27(32)29-24-14-18(15-26(30)31)7-12-25(24)33-2/h3-12,14,17,20,28H,13,15-16H2,1-2H3,(H,29,32)(H,30,31)/t17?,20-/m0/s1. The van der Waals surface area contributed by atoms with Gasteiger partial charge < -0.3 is 25.2 Å². The predicted molar refractivity (Wildman–Crippen MR) is 131 cm³/mol. The number of anilines is 2. The number of rotatable bonds is 8. The first kappa shape index (κ1) is 23.2. The van der Waals surface area contributed by atoms with E-state index in [0.29, 0.717) is 40.8 Å². The summed E-state index contributed by atoms with van der Waals surface area (Å²) in [6.07, 6.45) is 0.847. The zero-order chi connectivity index (χ0) is 24.1. The Bertz CT molecular complexity index is 1180. The third-order valence-electron chi connectivity index (χ3n) is 5.92. The van der Waals surface area contributed by atoms with Gasteiger partial charge in [-0.3, -0.25) is 9.59 Å². The molecule has 3 aromatic carbocycles. The molecule has 3 N–H and O–H groups in total. The van der Waals surface area contributed by atoms with Crippen molar-refractivity contribution in [1.29, 1.82) is 0 Å². The SMILES string of the molecule is COc1ccc(CC(=O)O)cc1NC(=O)c1ccc(OC[C@@H]2CC(C)c3ccccc3N2)cc1. The molecule has 7 heteroatoms. The van der Waals surface area contributed by atoms with E-state index in [4.69, 9.17) is 14.6 Å². The van der Waals surface area contributed by atoms with E-state index in [2.05, 4.69) is 35.8 Å². The Morgan fingerprint density at radius 1 is 1.09 bits per heavy atom. The Hall–Kier alpha value is -4.00. The number of hydrogen-bond acceptors (Lipinski definition) is 5. The Balaban J connectivity index is 1.36. The van der Waals surface area contributed by atoms with Crippen LogP contribution in [0.2, 0.25) is 0 Å². The number of carboxylic acids is 1. The number of fused-ring (bicyclic) bond motifs is 1. The smallest absolute Gasteiger partial charge is 0.307 e. The van der Waals surface area contributed by atoms with Crippen molar-refractivity contribution in [2.45, 2.75) is 31.7 Å². The van der Waals surface area contributed by atoms with Gasteiger partial charge >= 0.3 is 5.97 Å². The molecular formula is C27H28N2O5. The maximum atomic E-state index is 12.8. The first-order valence-corrected chi connectivity index (χ1v) is 11.2. The first-order valence-electron chi connectivity index (χ1n) is 11.2. The molecule has 0 bridgehead atoms. The van der Waals surface area contributed by atoms with Crippen LogP contribution in [-0.2, 0) is 11.2 Å². The van der Waals surface area contributed by atoms with Crippen LogP contribution in [0.3, 0.4) is 0 Å². The van der Waals surface area contributed by atoms with Crippen LogP contribution >= 0.6 is 0 Å². The van der Waals surface area contributed by atoms with E-state index in [0.717, 1.165) is 12.1 Å². The number of carbonyl (C=O) groups excluding carboxylic acids is 1. The molecule has 34 heavy (non-hydrogen) atoms. The van der Waals surface area contributed by atoms with Gasteiger partial charge in [0.25, 0.3) is 5.91 Å².